The number of aryl methyl sites for hydroxylation is 1. The van der Waals surface area contributed by atoms with Gasteiger partial charge in [0.25, 0.3) is 0 Å². The molecule has 8 nitrogen and oxygen atoms in total. The van der Waals surface area contributed by atoms with Gasteiger partial charge in [-0.1, -0.05) is 29.8 Å². The van der Waals surface area contributed by atoms with E-state index in [2.05, 4.69) is 20.3 Å². The van der Waals surface area contributed by atoms with Crippen LogP contribution in [0.15, 0.2) is 48.5 Å². The van der Waals surface area contributed by atoms with Crippen molar-refractivity contribution in [1.82, 2.24) is 25.1 Å². The number of Topliss-reactive ketones (excluding diaryl/α,β-unsaturated/α-hetero) is 1. The first-order valence-corrected chi connectivity index (χ1v) is 9.98. The van der Waals surface area contributed by atoms with Crippen LogP contribution in [-0.2, 0) is 11.3 Å². The quantitative estimate of drug-likeness (QED) is 0.606. The molecule has 2 aromatic carbocycles. The zero-order valence-corrected chi connectivity index (χ0v) is 17.2. The fraction of sp³-hybridized carbons (Fsp3) is 0.318. The molecule has 3 aromatic rings. The van der Waals surface area contributed by atoms with Gasteiger partial charge in [-0.25, -0.2) is 0 Å². The van der Waals surface area contributed by atoms with Crippen LogP contribution < -0.4 is 4.90 Å². The molecule has 2 heterocycles. The Morgan fingerprint density at radius 3 is 2.23 bits per heavy atom. The number of carbonyl (C=O) groups is 2. The average molecular weight is 404 g/mol. The van der Waals surface area contributed by atoms with Gasteiger partial charge in [-0.05, 0) is 43.3 Å². The second-order valence-electron chi connectivity index (χ2n) is 7.48. The molecule has 30 heavy (non-hydrogen) atoms. The molecule has 0 N–H and O–H groups in total. The number of amides is 1. The second-order valence-corrected chi connectivity index (χ2v) is 7.48. The molecule has 4 rings (SSSR count). The normalized spacial score (nSPS) is 14.1. The summed E-state index contributed by atoms with van der Waals surface area (Å²) in [5.74, 6) is 0.556. The molecule has 0 radical (unpaired) electrons. The van der Waals surface area contributed by atoms with Crippen molar-refractivity contribution in [2.75, 3.05) is 31.1 Å². The lowest BCUT2D eigenvalue weighted by Gasteiger charge is -2.36. The molecule has 1 aromatic heterocycles. The van der Waals surface area contributed by atoms with Crippen LogP contribution in [0.2, 0.25) is 0 Å². The number of ketones is 1. The minimum absolute atomic E-state index is 0.0190. The van der Waals surface area contributed by atoms with E-state index in [-0.39, 0.29) is 18.2 Å². The van der Waals surface area contributed by atoms with Crippen molar-refractivity contribution in [3.05, 3.63) is 59.7 Å². The Balaban J connectivity index is 1.32. The second kappa shape index (κ2) is 8.44. The standard InChI is InChI=1S/C22H24N6O2/c1-16-3-5-19(6-4-16)22-23-25-28(24-22)15-21(30)27-13-11-26(12-14-27)20-9-7-18(8-10-20)17(2)29/h3-10H,11-15H2,1-2H3. The highest BCUT2D eigenvalue weighted by molar-refractivity contribution is 5.94. The molecule has 1 saturated heterocycles. The van der Waals surface area contributed by atoms with Gasteiger partial charge in [0.05, 0.1) is 0 Å². The van der Waals surface area contributed by atoms with Crippen LogP contribution >= 0.6 is 0 Å². The van der Waals surface area contributed by atoms with Gasteiger partial charge in [0.15, 0.2) is 5.78 Å². The SMILES string of the molecule is CC(=O)c1ccc(N2CCN(C(=O)Cn3nnc(-c4ccc(C)cc4)n3)CC2)cc1. The number of carbonyl (C=O) groups excluding carboxylic acids is 2. The fourth-order valence-electron chi connectivity index (χ4n) is 3.47. The van der Waals surface area contributed by atoms with Crippen molar-refractivity contribution in [2.24, 2.45) is 0 Å². The highest BCUT2D eigenvalue weighted by Gasteiger charge is 2.22. The van der Waals surface area contributed by atoms with Crippen LogP contribution in [0.3, 0.4) is 0 Å². The molecular weight excluding hydrogens is 380 g/mol. The Bertz CT molecular complexity index is 1030. The molecule has 0 spiro atoms. The predicted molar refractivity (Wildman–Crippen MR) is 113 cm³/mol. The summed E-state index contributed by atoms with van der Waals surface area (Å²) < 4.78 is 0. The van der Waals surface area contributed by atoms with Crippen LogP contribution in [0, 0.1) is 6.92 Å². The highest BCUT2D eigenvalue weighted by atomic mass is 16.2. The molecule has 0 bridgehead atoms. The molecule has 154 valence electrons. The van der Waals surface area contributed by atoms with Gasteiger partial charge in [0, 0.05) is 43.0 Å². The summed E-state index contributed by atoms with van der Waals surface area (Å²) in [6.45, 7) is 6.40. The maximum atomic E-state index is 12.7. The molecule has 1 fully saturated rings. The third-order valence-electron chi connectivity index (χ3n) is 5.31. The lowest BCUT2D eigenvalue weighted by Crippen LogP contribution is -2.49. The zero-order chi connectivity index (χ0) is 21.1. The van der Waals surface area contributed by atoms with Gasteiger partial charge >= 0.3 is 0 Å². The maximum absolute atomic E-state index is 12.7. The monoisotopic (exact) mass is 404 g/mol. The van der Waals surface area contributed by atoms with Gasteiger partial charge in [-0.3, -0.25) is 9.59 Å². The van der Waals surface area contributed by atoms with Crippen molar-refractivity contribution < 1.29 is 9.59 Å². The lowest BCUT2D eigenvalue weighted by atomic mass is 10.1. The number of benzene rings is 2. The van der Waals surface area contributed by atoms with E-state index in [9.17, 15) is 9.59 Å². The number of aromatic nitrogens is 4. The smallest absolute Gasteiger partial charge is 0.246 e. The molecule has 1 aliphatic heterocycles. The minimum atomic E-state index is -0.0190. The van der Waals surface area contributed by atoms with Crippen LogP contribution in [0.25, 0.3) is 11.4 Å². The summed E-state index contributed by atoms with van der Waals surface area (Å²) in [6, 6.07) is 15.5. The van der Waals surface area contributed by atoms with E-state index >= 15 is 0 Å². The Kier molecular flexibility index (Phi) is 5.56. The highest BCUT2D eigenvalue weighted by Crippen LogP contribution is 2.18. The van der Waals surface area contributed by atoms with Gasteiger partial charge in [0.1, 0.15) is 6.54 Å². The lowest BCUT2D eigenvalue weighted by molar-refractivity contribution is -0.132. The molecule has 8 heteroatoms. The van der Waals surface area contributed by atoms with Gasteiger partial charge in [-0.2, -0.15) is 4.80 Å². The van der Waals surface area contributed by atoms with Gasteiger partial charge < -0.3 is 9.80 Å². The molecular formula is C22H24N6O2. The van der Waals surface area contributed by atoms with Gasteiger partial charge in [-0.15, -0.1) is 10.2 Å². The largest absolute Gasteiger partial charge is 0.368 e. The Hall–Kier alpha value is -3.55. The summed E-state index contributed by atoms with van der Waals surface area (Å²) in [7, 11) is 0. The number of hydrogen-bond donors (Lipinski definition) is 0. The van der Waals surface area contributed by atoms with Crippen molar-refractivity contribution >= 4 is 17.4 Å². The Morgan fingerprint density at radius 2 is 1.60 bits per heavy atom. The van der Waals surface area contributed by atoms with Crippen LogP contribution in [0.5, 0.6) is 0 Å². The van der Waals surface area contributed by atoms with E-state index in [1.807, 2.05) is 60.4 Å². The first-order valence-electron chi connectivity index (χ1n) is 9.98. The number of rotatable bonds is 5. The van der Waals surface area contributed by atoms with Crippen molar-refractivity contribution in [3.8, 4) is 11.4 Å². The van der Waals surface area contributed by atoms with Crippen LogP contribution in [0.1, 0.15) is 22.8 Å². The Labute approximate surface area is 175 Å². The molecule has 1 amide bonds. The molecule has 0 atom stereocenters. The fourth-order valence-corrected chi connectivity index (χ4v) is 3.47. The van der Waals surface area contributed by atoms with E-state index < -0.39 is 0 Å². The summed E-state index contributed by atoms with van der Waals surface area (Å²) >= 11 is 0. The van der Waals surface area contributed by atoms with Gasteiger partial charge in [0.2, 0.25) is 11.7 Å². The van der Waals surface area contributed by atoms with E-state index in [4.69, 9.17) is 0 Å². The molecule has 1 aliphatic rings. The zero-order valence-electron chi connectivity index (χ0n) is 17.2. The van der Waals surface area contributed by atoms with E-state index in [0.29, 0.717) is 24.5 Å². The van der Waals surface area contributed by atoms with Crippen molar-refractivity contribution in [1.29, 1.82) is 0 Å². The third-order valence-corrected chi connectivity index (χ3v) is 5.31. The minimum Gasteiger partial charge on any atom is -0.368 e. The van der Waals surface area contributed by atoms with Crippen molar-refractivity contribution in [3.63, 3.8) is 0 Å². The van der Waals surface area contributed by atoms with Crippen LogP contribution in [-0.4, -0.2) is 63.0 Å². The number of anilines is 1. The van der Waals surface area contributed by atoms with E-state index in [1.54, 1.807) is 6.92 Å². The first-order chi connectivity index (χ1) is 14.5. The van der Waals surface area contributed by atoms with Crippen molar-refractivity contribution in [2.45, 2.75) is 20.4 Å². The predicted octanol–water partition coefficient (Wildman–Crippen LogP) is 2.20. The average Bonchev–Trinajstić information content (AvgIpc) is 3.23. The topological polar surface area (TPSA) is 84.2 Å². The molecule has 0 saturated carbocycles. The summed E-state index contributed by atoms with van der Waals surface area (Å²) in [6.07, 6.45) is 0. The Morgan fingerprint density at radius 1 is 0.933 bits per heavy atom. The number of tetrazole rings is 1. The third kappa shape index (κ3) is 4.37. The number of piperazine rings is 1. The number of nitrogens with zero attached hydrogens (tertiary/aromatic N) is 6. The maximum Gasteiger partial charge on any atom is 0.246 e. The summed E-state index contributed by atoms with van der Waals surface area (Å²) in [4.78, 5) is 29.5. The summed E-state index contributed by atoms with van der Waals surface area (Å²) in [5.41, 5.74) is 3.81. The first kappa shape index (κ1) is 19.8. The summed E-state index contributed by atoms with van der Waals surface area (Å²) in [5, 5.41) is 12.4. The number of hydrogen-bond acceptors (Lipinski definition) is 6. The van der Waals surface area contributed by atoms with Crippen LogP contribution in [0.4, 0.5) is 5.69 Å². The van der Waals surface area contributed by atoms with E-state index in [1.165, 1.54) is 4.80 Å². The van der Waals surface area contributed by atoms with E-state index in [0.717, 1.165) is 29.9 Å². The molecule has 0 unspecified atom stereocenters. The molecule has 0 aliphatic carbocycles.